The first kappa shape index (κ1) is 74.7. The van der Waals surface area contributed by atoms with E-state index in [4.69, 9.17) is 6.57 Å². The Labute approximate surface area is 570 Å². The molecule has 0 unspecified atom stereocenters. The van der Waals surface area contributed by atoms with Crippen molar-refractivity contribution in [1.82, 2.24) is 44.3 Å². The molecule has 1 aromatic carbocycles. The number of nitrogens with zero attached hydrogens (tertiary/aromatic N) is 10. The second-order valence-electron chi connectivity index (χ2n) is 24.9. The Morgan fingerprint density at radius 1 is 0.598 bits per heavy atom. The van der Waals surface area contributed by atoms with Crippen molar-refractivity contribution in [2.24, 2.45) is 23.3 Å². The van der Waals surface area contributed by atoms with Crippen LogP contribution in [0.4, 0.5) is 14.6 Å². The van der Waals surface area contributed by atoms with Crippen molar-refractivity contribution >= 4 is 5.82 Å². The van der Waals surface area contributed by atoms with E-state index in [0.717, 1.165) is 59.5 Å². The van der Waals surface area contributed by atoms with E-state index in [1.165, 1.54) is 139 Å². The van der Waals surface area contributed by atoms with Gasteiger partial charge in [-0.05, 0) is 162 Å². The maximum Gasteiger partial charge on any atom is 0.327 e. The van der Waals surface area contributed by atoms with Gasteiger partial charge in [-0.25, -0.2) is 4.68 Å². The van der Waals surface area contributed by atoms with Crippen LogP contribution in [0.2, 0.25) is 0 Å². The van der Waals surface area contributed by atoms with E-state index in [0.29, 0.717) is 27.8 Å². The third-order valence-corrected chi connectivity index (χ3v) is 17.4. The van der Waals surface area contributed by atoms with Crippen molar-refractivity contribution in [3.63, 3.8) is 0 Å². The summed E-state index contributed by atoms with van der Waals surface area (Å²) in [6.45, 7) is 20.7. The normalized spacial score (nSPS) is 16.4. The van der Waals surface area contributed by atoms with Crippen LogP contribution >= 0.6 is 0 Å². The molecule has 0 amide bonds. The summed E-state index contributed by atoms with van der Waals surface area (Å²) in [6, 6.07) is 34.8. The van der Waals surface area contributed by atoms with Crippen molar-refractivity contribution < 1.29 is 87.9 Å². The Morgan fingerprint density at radius 2 is 1.18 bits per heavy atom. The first-order valence-corrected chi connectivity index (χ1v) is 30.5. The van der Waals surface area contributed by atoms with Crippen LogP contribution in [0, 0.1) is 52.9 Å². The molecule has 0 atom stereocenters. The molecule has 0 N–H and O–H groups in total. The topological polar surface area (TPSA) is 104 Å². The predicted octanol–water partition coefficient (Wildman–Crippen LogP) is 18.3. The minimum atomic E-state index is -1.11. The standard InChI is InChI=1S/C18H22N2.C17H17F2N2.C17H21N2.C16H17N4.C3H8.2Ir.Rh.Ru/c1-18(10-4-2-5-11-18)13-15-8-9-17(20-14-15)16-7-3-6-12-19-16;1-17(7-2-3-8-17)11-12-6-9-20-15(10-12)14-5-4-13(18)16(19)21-14;1-17(10-6-7-11-17)12-15-13-18-16(19(15)2)14-8-4-3-5-9-14;1-16(8-4-3-5-9-16)13-6-10-18-15(12-13)20-11-7-14(17-2)19-20;1-3-2;;;;/h3,6-9,12,14H,2,4-5,10-11,13H2,1H3;4,6,9-10H,2-3,7-8,11H2,1H3;3-5,8,13H,6-7,10-12H2,1-2H3;6-7,10,12H,3-5,8-9H2,1H3;3H2,1-2H3;;;;/q;3*-1;;;;;. The quantitative estimate of drug-likeness (QED) is 0.0722. The number of imidazole rings is 1. The maximum atomic E-state index is 13.2. The van der Waals surface area contributed by atoms with Crippen molar-refractivity contribution in [3.8, 4) is 40.0 Å². The summed E-state index contributed by atoms with van der Waals surface area (Å²) in [5.41, 5.74) is 10.5. The van der Waals surface area contributed by atoms with Gasteiger partial charge in [-0.2, -0.15) is 10.5 Å². The molecular formula is C71H85F2Ir2N10RhRu-3. The smallest absolute Gasteiger partial charge is 0.327 e. The van der Waals surface area contributed by atoms with Crippen molar-refractivity contribution in [1.29, 1.82) is 0 Å². The third-order valence-electron chi connectivity index (χ3n) is 17.4. The van der Waals surface area contributed by atoms with Crippen LogP contribution in [0.25, 0.3) is 44.8 Å². The molecule has 10 nitrogen and oxygen atoms in total. The van der Waals surface area contributed by atoms with Gasteiger partial charge in [0.15, 0.2) is 5.95 Å². The van der Waals surface area contributed by atoms with Crippen molar-refractivity contribution in [2.45, 2.75) is 188 Å². The van der Waals surface area contributed by atoms with Gasteiger partial charge in [-0.15, -0.1) is 42.0 Å². The fourth-order valence-corrected chi connectivity index (χ4v) is 12.6. The molecule has 16 heteroatoms. The summed E-state index contributed by atoms with van der Waals surface area (Å²) in [6.07, 6.45) is 40.7. The number of rotatable bonds is 11. The molecule has 4 aliphatic carbocycles. The molecule has 7 aromatic heterocycles. The monoisotopic (exact) mass is 1710 g/mol. The van der Waals surface area contributed by atoms with Crippen molar-refractivity contribution in [3.05, 3.63) is 186 Å². The van der Waals surface area contributed by atoms with Crippen molar-refractivity contribution in [2.75, 3.05) is 0 Å². The fourth-order valence-electron chi connectivity index (χ4n) is 12.6. The number of pyridine rings is 5. The minimum Gasteiger partial charge on any atom is -0.371 e. The summed E-state index contributed by atoms with van der Waals surface area (Å²) in [7, 11) is 2.12. The molecule has 0 spiro atoms. The van der Waals surface area contributed by atoms with Crippen LogP contribution in [0.3, 0.4) is 0 Å². The van der Waals surface area contributed by atoms with E-state index >= 15 is 0 Å². The first-order valence-electron chi connectivity index (χ1n) is 30.5. The molecule has 4 saturated carbocycles. The molecule has 4 aliphatic rings. The van der Waals surface area contributed by atoms with Crippen LogP contribution in [-0.2, 0) is 111 Å². The van der Waals surface area contributed by atoms with Crippen LogP contribution < -0.4 is 0 Å². The fraction of sp³-hybridized carbons (Fsp3) is 0.465. The van der Waals surface area contributed by atoms with Gasteiger partial charge in [0.2, 0.25) is 0 Å². The molecule has 7 heterocycles. The van der Waals surface area contributed by atoms with E-state index in [-0.39, 0.29) is 90.3 Å². The summed E-state index contributed by atoms with van der Waals surface area (Å²) < 4.78 is 29.9. The Hall–Kier alpha value is -4.71. The van der Waals surface area contributed by atoms with E-state index in [1.807, 2.05) is 73.3 Å². The predicted molar refractivity (Wildman–Crippen MR) is 329 cm³/mol. The van der Waals surface area contributed by atoms with Gasteiger partial charge in [0, 0.05) is 123 Å². The minimum absolute atomic E-state index is 0. The Morgan fingerprint density at radius 3 is 1.76 bits per heavy atom. The van der Waals surface area contributed by atoms with Gasteiger partial charge < -0.3 is 14.4 Å². The summed E-state index contributed by atoms with van der Waals surface area (Å²) in [5, 5.41) is 4.15. The molecule has 471 valence electrons. The average molecular weight is 1700 g/mol. The molecule has 0 bridgehead atoms. The molecule has 87 heavy (non-hydrogen) atoms. The summed E-state index contributed by atoms with van der Waals surface area (Å²) in [5.74, 6) is 0.00885. The van der Waals surface area contributed by atoms with Crippen LogP contribution in [0.1, 0.15) is 186 Å². The Bertz CT molecular complexity index is 3310. The number of hydrogen-bond donors (Lipinski definition) is 0. The number of hydrogen-bond acceptors (Lipinski definition) is 7. The zero-order valence-corrected chi connectivity index (χ0v) is 59.9. The second kappa shape index (κ2) is 36.2. The second-order valence-corrected chi connectivity index (χ2v) is 24.9. The Kier molecular flexibility index (Phi) is 31.1. The summed E-state index contributed by atoms with van der Waals surface area (Å²) >= 11 is 0. The molecule has 0 aliphatic heterocycles. The number of benzene rings is 1. The SMILES string of the molecule is CC1(Cc2ccc(-c3ccccn3)nc2)CCCCC1.CC1(Cc2ccnc(-c3[c-]cc(F)c(F)n3)c2)CCCC1.CCC.Cn1c(CC2(C)CCCC2)cnc1-c1[c-]cccc1.[C-]#[N+]c1c[c-]n(-c2cc(C3(C)CCCCC3)ccn2)n1.[Ir].[Ir].[Rh].[Ru]. The molecule has 3 radical (unpaired) electrons. The van der Waals surface area contributed by atoms with Gasteiger partial charge in [-0.3, -0.25) is 29.3 Å². The van der Waals surface area contributed by atoms with Crippen LogP contribution in [-0.4, -0.2) is 44.3 Å². The average Bonchev–Trinajstić information content (AvgIpc) is 4.40. The van der Waals surface area contributed by atoms with Gasteiger partial charge in [0.1, 0.15) is 0 Å². The van der Waals surface area contributed by atoms with E-state index in [9.17, 15) is 8.78 Å². The molecule has 4 fully saturated rings. The largest absolute Gasteiger partial charge is 0.371 e. The first-order chi connectivity index (χ1) is 40.1. The number of aromatic nitrogens is 9. The molecule has 8 aromatic rings. The number of halogens is 2. The van der Waals surface area contributed by atoms with E-state index < -0.39 is 11.8 Å². The summed E-state index contributed by atoms with van der Waals surface area (Å²) in [4.78, 5) is 28.9. The van der Waals surface area contributed by atoms with E-state index in [2.05, 4.69) is 142 Å². The maximum absolute atomic E-state index is 13.2. The van der Waals surface area contributed by atoms with E-state index in [1.54, 1.807) is 16.9 Å². The zero-order chi connectivity index (χ0) is 58.7. The molecular weight excluding hydrogens is 1620 g/mol. The van der Waals surface area contributed by atoms with Gasteiger partial charge in [0.05, 0.1) is 28.8 Å². The zero-order valence-electron chi connectivity index (χ0n) is 51.7. The van der Waals surface area contributed by atoms with Crippen LogP contribution in [0.5, 0.6) is 0 Å². The van der Waals surface area contributed by atoms with Gasteiger partial charge in [0.25, 0.3) is 0 Å². The molecule has 0 saturated heterocycles. The Balaban J connectivity index is 0.000000241. The molecule has 12 rings (SSSR count). The van der Waals surface area contributed by atoms with Crippen LogP contribution in [0.15, 0.2) is 122 Å². The van der Waals surface area contributed by atoms with Gasteiger partial charge >= 0.3 is 5.82 Å². The third kappa shape index (κ3) is 21.7. The van der Waals surface area contributed by atoms with Gasteiger partial charge in [-0.1, -0.05) is 149 Å².